The number of rotatable bonds is 3. The second-order valence-corrected chi connectivity index (χ2v) is 6.15. The molecule has 0 atom stereocenters. The van der Waals surface area contributed by atoms with E-state index in [4.69, 9.17) is 0 Å². The Balaban J connectivity index is 1.78. The van der Waals surface area contributed by atoms with Crippen LogP contribution in [0.1, 0.15) is 27.3 Å². The van der Waals surface area contributed by atoms with Crippen LogP contribution in [0.4, 0.5) is 18.9 Å². The van der Waals surface area contributed by atoms with Crippen molar-refractivity contribution in [1.29, 1.82) is 0 Å². The molecule has 0 unspecified atom stereocenters. The van der Waals surface area contributed by atoms with Gasteiger partial charge in [-0.3, -0.25) is 14.7 Å². The van der Waals surface area contributed by atoms with Crippen molar-refractivity contribution in [2.24, 2.45) is 0 Å². The maximum absolute atomic E-state index is 13.0. The molecule has 142 valence electrons. The number of fused-ring (bicyclic) bond motifs is 1. The highest BCUT2D eigenvalue weighted by atomic mass is 19.4. The topological polar surface area (TPSA) is 69.3 Å². The van der Waals surface area contributed by atoms with Gasteiger partial charge in [-0.2, -0.15) is 18.3 Å². The summed E-state index contributed by atoms with van der Waals surface area (Å²) in [6.07, 6.45) is -3.12. The molecule has 1 aromatic heterocycles. The number of hydrogen-bond acceptors (Lipinski definition) is 3. The van der Waals surface area contributed by atoms with E-state index in [1.54, 1.807) is 31.3 Å². The van der Waals surface area contributed by atoms with Crippen LogP contribution in [-0.4, -0.2) is 40.5 Å². The lowest BCUT2D eigenvalue weighted by Gasteiger charge is -2.27. The third kappa shape index (κ3) is 3.57. The smallest absolute Gasteiger partial charge is 0.334 e. The molecule has 1 N–H and O–H groups in total. The van der Waals surface area contributed by atoms with E-state index in [1.165, 1.54) is 15.9 Å². The summed E-state index contributed by atoms with van der Waals surface area (Å²) in [7, 11) is 1.57. The molecule has 1 aliphatic rings. The number of alkyl halides is 3. The Morgan fingerprint density at radius 1 is 1.30 bits per heavy atom. The van der Waals surface area contributed by atoms with Gasteiger partial charge in [-0.25, -0.2) is 0 Å². The predicted molar refractivity (Wildman–Crippen MR) is 92.1 cm³/mol. The molecule has 27 heavy (non-hydrogen) atoms. The van der Waals surface area contributed by atoms with Crippen molar-refractivity contribution in [3.05, 3.63) is 59.4 Å². The molecular weight excluding hydrogens is 361 g/mol. The van der Waals surface area contributed by atoms with Gasteiger partial charge in [0.2, 0.25) is 5.91 Å². The molecule has 0 saturated carbocycles. The molecule has 2 aromatic rings. The minimum absolute atomic E-state index is 0.00929. The van der Waals surface area contributed by atoms with Gasteiger partial charge < -0.3 is 9.80 Å². The zero-order valence-electron chi connectivity index (χ0n) is 14.5. The lowest BCUT2D eigenvalue weighted by atomic mass is 10.0. The zero-order chi connectivity index (χ0) is 19.8. The quantitative estimate of drug-likeness (QED) is 0.835. The molecule has 0 fully saturated rings. The fourth-order valence-corrected chi connectivity index (χ4v) is 2.98. The first kappa shape index (κ1) is 18.7. The average Bonchev–Trinajstić information content (AvgIpc) is 3.10. The van der Waals surface area contributed by atoms with Crippen molar-refractivity contribution >= 4 is 17.5 Å². The number of aromatic nitrogens is 2. The lowest BCUT2D eigenvalue weighted by Crippen LogP contribution is -2.36. The maximum Gasteiger partial charge on any atom is 0.435 e. The summed E-state index contributed by atoms with van der Waals surface area (Å²) in [6, 6.07) is 6.28. The Morgan fingerprint density at radius 2 is 1.96 bits per heavy atom. The first-order valence-electron chi connectivity index (χ1n) is 8.15. The Hall–Kier alpha value is -3.10. The zero-order valence-corrected chi connectivity index (χ0v) is 14.5. The van der Waals surface area contributed by atoms with Crippen LogP contribution in [0.25, 0.3) is 0 Å². The van der Waals surface area contributed by atoms with Crippen molar-refractivity contribution in [3.63, 3.8) is 0 Å². The third-order valence-electron chi connectivity index (χ3n) is 4.50. The highest BCUT2D eigenvalue weighted by molar-refractivity contribution is 6.01. The number of carbonyl (C=O) groups excluding carboxylic acids is 2. The molecule has 2 amide bonds. The molecule has 0 radical (unpaired) electrons. The van der Waals surface area contributed by atoms with E-state index in [0.717, 1.165) is 0 Å². The predicted octanol–water partition coefficient (Wildman–Crippen LogP) is 2.78. The number of likely N-dealkylation sites (N-methyl/N-ethyl adjacent to an activating group) is 1. The SMILES string of the molecule is C=CC(=O)N(C)c1ccc(C(=O)N2CCc3[nH]nc(C(F)(F)F)c3C2)cc1. The van der Waals surface area contributed by atoms with E-state index in [0.29, 0.717) is 23.5 Å². The van der Waals surface area contributed by atoms with Crippen molar-refractivity contribution < 1.29 is 22.8 Å². The number of halogens is 3. The minimum Gasteiger partial charge on any atom is -0.334 e. The normalized spacial score (nSPS) is 13.9. The number of carbonyl (C=O) groups is 2. The minimum atomic E-state index is -4.57. The second kappa shape index (κ2) is 6.90. The molecular formula is C18H17F3N4O2. The van der Waals surface area contributed by atoms with Crippen molar-refractivity contribution in [2.45, 2.75) is 19.1 Å². The molecule has 1 aliphatic heterocycles. The summed E-state index contributed by atoms with van der Waals surface area (Å²) in [5, 5.41) is 5.77. The Kier molecular flexibility index (Phi) is 4.77. The first-order valence-corrected chi connectivity index (χ1v) is 8.15. The van der Waals surface area contributed by atoms with E-state index < -0.39 is 11.9 Å². The summed E-state index contributed by atoms with van der Waals surface area (Å²) in [5.41, 5.74) is 0.349. The monoisotopic (exact) mass is 378 g/mol. The lowest BCUT2D eigenvalue weighted by molar-refractivity contribution is -0.142. The van der Waals surface area contributed by atoms with Gasteiger partial charge in [0.25, 0.3) is 5.91 Å². The van der Waals surface area contributed by atoms with Gasteiger partial charge in [-0.05, 0) is 30.3 Å². The molecule has 0 bridgehead atoms. The van der Waals surface area contributed by atoms with Gasteiger partial charge in [-0.1, -0.05) is 6.58 Å². The van der Waals surface area contributed by atoms with E-state index in [-0.39, 0.29) is 30.3 Å². The molecule has 2 heterocycles. The van der Waals surface area contributed by atoms with Crippen LogP contribution < -0.4 is 4.90 Å². The van der Waals surface area contributed by atoms with E-state index in [9.17, 15) is 22.8 Å². The molecule has 1 aromatic carbocycles. The summed E-state index contributed by atoms with van der Waals surface area (Å²) < 4.78 is 39.1. The van der Waals surface area contributed by atoms with Gasteiger partial charge in [0, 0.05) is 49.1 Å². The van der Waals surface area contributed by atoms with Crippen LogP contribution in [0.3, 0.4) is 0 Å². The van der Waals surface area contributed by atoms with Gasteiger partial charge in [0.15, 0.2) is 5.69 Å². The van der Waals surface area contributed by atoms with Gasteiger partial charge in [0.1, 0.15) is 0 Å². The average molecular weight is 378 g/mol. The number of benzene rings is 1. The summed E-state index contributed by atoms with van der Waals surface area (Å²) in [6.45, 7) is 3.55. The Morgan fingerprint density at radius 3 is 2.56 bits per heavy atom. The fourth-order valence-electron chi connectivity index (χ4n) is 2.98. The van der Waals surface area contributed by atoms with E-state index in [2.05, 4.69) is 16.8 Å². The fraction of sp³-hybridized carbons (Fsp3) is 0.278. The van der Waals surface area contributed by atoms with Crippen LogP contribution in [0.2, 0.25) is 0 Å². The van der Waals surface area contributed by atoms with Gasteiger partial charge in [0.05, 0.1) is 0 Å². The highest BCUT2D eigenvalue weighted by Crippen LogP contribution is 2.34. The molecule has 0 spiro atoms. The van der Waals surface area contributed by atoms with Crippen LogP contribution in [-0.2, 0) is 23.9 Å². The largest absolute Gasteiger partial charge is 0.435 e. The van der Waals surface area contributed by atoms with E-state index in [1.807, 2.05) is 0 Å². The number of H-pyrrole nitrogens is 1. The maximum atomic E-state index is 13.0. The second-order valence-electron chi connectivity index (χ2n) is 6.15. The first-order chi connectivity index (χ1) is 12.7. The van der Waals surface area contributed by atoms with E-state index >= 15 is 0 Å². The number of aromatic amines is 1. The third-order valence-corrected chi connectivity index (χ3v) is 4.50. The summed E-state index contributed by atoms with van der Waals surface area (Å²) >= 11 is 0. The summed E-state index contributed by atoms with van der Waals surface area (Å²) in [4.78, 5) is 27.0. The standard InChI is InChI=1S/C18H17F3N4O2/c1-3-15(26)24(2)12-6-4-11(5-7-12)17(27)25-9-8-14-13(10-25)16(23-22-14)18(19,20)21/h3-7H,1,8-10H2,2H3,(H,22,23). The van der Waals surface area contributed by atoms with Crippen molar-refractivity contribution in [3.8, 4) is 0 Å². The van der Waals surface area contributed by atoms with Gasteiger partial charge in [-0.15, -0.1) is 0 Å². The Labute approximate surface area is 153 Å². The van der Waals surface area contributed by atoms with Crippen LogP contribution >= 0.6 is 0 Å². The van der Waals surface area contributed by atoms with Crippen LogP contribution in [0.5, 0.6) is 0 Å². The van der Waals surface area contributed by atoms with Crippen LogP contribution in [0, 0.1) is 0 Å². The molecule has 0 aliphatic carbocycles. The number of amides is 2. The summed E-state index contributed by atoms with van der Waals surface area (Å²) in [5.74, 6) is -0.670. The molecule has 3 rings (SSSR count). The number of anilines is 1. The number of hydrogen-bond donors (Lipinski definition) is 1. The highest BCUT2D eigenvalue weighted by Gasteiger charge is 2.39. The number of nitrogens with zero attached hydrogens (tertiary/aromatic N) is 3. The van der Waals surface area contributed by atoms with Crippen molar-refractivity contribution in [2.75, 3.05) is 18.5 Å². The number of nitrogens with one attached hydrogen (secondary N) is 1. The van der Waals surface area contributed by atoms with Crippen molar-refractivity contribution in [1.82, 2.24) is 15.1 Å². The molecule has 9 heteroatoms. The van der Waals surface area contributed by atoms with Crippen LogP contribution in [0.15, 0.2) is 36.9 Å². The Bertz CT molecular complexity index is 887. The van der Waals surface area contributed by atoms with Gasteiger partial charge >= 0.3 is 6.18 Å². The molecule has 6 nitrogen and oxygen atoms in total. The molecule has 0 saturated heterocycles.